The van der Waals surface area contributed by atoms with Gasteiger partial charge in [0.2, 0.25) is 0 Å². The van der Waals surface area contributed by atoms with E-state index < -0.39 is 11.7 Å². The van der Waals surface area contributed by atoms with Crippen molar-refractivity contribution in [2.75, 3.05) is 13.1 Å². The van der Waals surface area contributed by atoms with Crippen molar-refractivity contribution in [3.63, 3.8) is 0 Å². The molecule has 20 heavy (non-hydrogen) atoms. The van der Waals surface area contributed by atoms with E-state index in [1.54, 1.807) is 6.07 Å². The van der Waals surface area contributed by atoms with Gasteiger partial charge in [-0.2, -0.15) is 5.26 Å². The Morgan fingerprint density at radius 2 is 2.05 bits per heavy atom. The Labute approximate surface area is 119 Å². The fourth-order valence-electron chi connectivity index (χ4n) is 3.25. The molecule has 2 aliphatic heterocycles. The summed E-state index contributed by atoms with van der Waals surface area (Å²) in [5.41, 5.74) is 0.940. The molecule has 0 aromatic heterocycles. The predicted octanol–water partition coefficient (Wildman–Crippen LogP) is 2.23. The van der Waals surface area contributed by atoms with E-state index in [4.69, 9.17) is 10.00 Å². The van der Waals surface area contributed by atoms with Gasteiger partial charge >= 0.3 is 0 Å². The van der Waals surface area contributed by atoms with Crippen molar-refractivity contribution >= 4 is 0 Å². The van der Waals surface area contributed by atoms with Gasteiger partial charge in [-0.25, -0.2) is 0 Å². The number of hydrogen-bond acceptors (Lipinski definition) is 4. The summed E-state index contributed by atoms with van der Waals surface area (Å²) in [6.07, 6.45) is 1.73. The van der Waals surface area contributed by atoms with Crippen molar-refractivity contribution in [2.24, 2.45) is 0 Å². The van der Waals surface area contributed by atoms with Crippen LogP contribution in [0.3, 0.4) is 0 Å². The van der Waals surface area contributed by atoms with Gasteiger partial charge in [0.25, 0.3) is 0 Å². The van der Waals surface area contributed by atoms with Gasteiger partial charge in [-0.05, 0) is 58.0 Å². The third kappa shape index (κ3) is 2.07. The molecule has 1 N–H and O–H groups in total. The molecule has 4 heteroatoms. The Bertz CT molecular complexity index is 556. The molecule has 1 saturated heterocycles. The number of nitrogens with zero attached hydrogens (tertiary/aromatic N) is 2. The molecule has 1 aromatic carbocycles. The van der Waals surface area contributed by atoms with Gasteiger partial charge in [-0.3, -0.25) is 4.90 Å². The van der Waals surface area contributed by atoms with E-state index in [9.17, 15) is 5.11 Å². The maximum absolute atomic E-state index is 10.7. The molecule has 1 fully saturated rings. The van der Waals surface area contributed by atoms with E-state index in [0.29, 0.717) is 5.56 Å². The van der Waals surface area contributed by atoms with E-state index in [1.165, 1.54) is 0 Å². The van der Waals surface area contributed by atoms with E-state index in [-0.39, 0.29) is 6.04 Å². The van der Waals surface area contributed by atoms with E-state index in [0.717, 1.165) is 37.2 Å². The fraction of sp³-hybridized carbons (Fsp3) is 0.562. The smallest absolute Gasteiger partial charge is 0.131 e. The lowest BCUT2D eigenvalue weighted by molar-refractivity contribution is -0.0895. The molecule has 0 bridgehead atoms. The largest absolute Gasteiger partial charge is 0.485 e. The second-order valence-corrected chi connectivity index (χ2v) is 6.20. The van der Waals surface area contributed by atoms with E-state index in [1.807, 2.05) is 26.0 Å². The maximum Gasteiger partial charge on any atom is 0.131 e. The van der Waals surface area contributed by atoms with Gasteiger partial charge in [-0.1, -0.05) is 0 Å². The zero-order valence-electron chi connectivity index (χ0n) is 12.0. The zero-order chi connectivity index (χ0) is 14.3. The van der Waals surface area contributed by atoms with Crippen molar-refractivity contribution in [3.05, 3.63) is 29.3 Å². The second kappa shape index (κ2) is 4.76. The van der Waals surface area contributed by atoms with Crippen LogP contribution in [-0.4, -0.2) is 34.8 Å². The third-order valence-electron chi connectivity index (χ3n) is 4.38. The molecule has 2 heterocycles. The minimum atomic E-state index is -0.617. The summed E-state index contributed by atoms with van der Waals surface area (Å²) in [5.74, 6) is 0.788. The molecular formula is C16H20N2O2. The van der Waals surface area contributed by atoms with Crippen LogP contribution in [0.1, 0.15) is 43.9 Å². The van der Waals surface area contributed by atoms with Crippen molar-refractivity contribution in [3.8, 4) is 11.8 Å². The Morgan fingerprint density at radius 1 is 1.35 bits per heavy atom. The lowest BCUT2D eigenvalue weighted by Gasteiger charge is -2.45. The van der Waals surface area contributed by atoms with Gasteiger partial charge in [0.1, 0.15) is 17.5 Å². The van der Waals surface area contributed by atoms with Crippen LogP contribution >= 0.6 is 0 Å². The lowest BCUT2D eigenvalue weighted by atomic mass is 9.85. The molecule has 0 spiro atoms. The van der Waals surface area contributed by atoms with Crippen molar-refractivity contribution in [1.82, 2.24) is 4.90 Å². The van der Waals surface area contributed by atoms with Crippen molar-refractivity contribution < 1.29 is 9.84 Å². The molecule has 1 aromatic rings. The van der Waals surface area contributed by atoms with Crippen LogP contribution in [0.2, 0.25) is 0 Å². The van der Waals surface area contributed by atoms with E-state index in [2.05, 4.69) is 11.0 Å². The molecule has 0 aliphatic carbocycles. The minimum absolute atomic E-state index is 0.0791. The van der Waals surface area contributed by atoms with Crippen LogP contribution in [0.4, 0.5) is 0 Å². The normalized spacial score (nSPS) is 28.5. The maximum atomic E-state index is 10.7. The lowest BCUT2D eigenvalue weighted by Crippen LogP contribution is -2.53. The number of nitriles is 1. The molecule has 0 unspecified atom stereocenters. The van der Waals surface area contributed by atoms with Gasteiger partial charge in [-0.15, -0.1) is 0 Å². The second-order valence-electron chi connectivity index (χ2n) is 6.20. The van der Waals surface area contributed by atoms with Crippen molar-refractivity contribution in [2.45, 2.75) is 44.4 Å². The summed E-state index contributed by atoms with van der Waals surface area (Å²) in [6.45, 7) is 5.83. The first-order valence-corrected chi connectivity index (χ1v) is 7.18. The number of rotatable bonds is 1. The molecule has 3 rings (SSSR count). The van der Waals surface area contributed by atoms with Crippen LogP contribution in [0.15, 0.2) is 18.2 Å². The van der Waals surface area contributed by atoms with Gasteiger partial charge in [0.15, 0.2) is 0 Å². The Hall–Kier alpha value is -1.57. The molecular weight excluding hydrogens is 252 g/mol. The quantitative estimate of drug-likeness (QED) is 0.851. The van der Waals surface area contributed by atoms with Crippen LogP contribution in [0, 0.1) is 11.3 Å². The van der Waals surface area contributed by atoms with Crippen LogP contribution in [-0.2, 0) is 0 Å². The molecule has 4 nitrogen and oxygen atoms in total. The number of aliphatic hydroxyl groups is 1. The summed E-state index contributed by atoms with van der Waals surface area (Å²) in [7, 11) is 0. The van der Waals surface area contributed by atoms with Crippen LogP contribution in [0.25, 0.3) is 0 Å². The minimum Gasteiger partial charge on any atom is -0.485 e. The number of aliphatic hydroxyl groups excluding tert-OH is 1. The average Bonchev–Trinajstić information content (AvgIpc) is 2.93. The number of hydrogen-bond donors (Lipinski definition) is 1. The molecule has 0 saturated carbocycles. The first kappa shape index (κ1) is 13.4. The Kier molecular flexibility index (Phi) is 3.19. The Balaban J connectivity index is 2.09. The predicted molar refractivity (Wildman–Crippen MR) is 75.4 cm³/mol. The number of ether oxygens (including phenoxy) is 1. The first-order chi connectivity index (χ1) is 9.53. The first-order valence-electron chi connectivity index (χ1n) is 7.18. The highest BCUT2D eigenvalue weighted by Gasteiger charge is 2.45. The summed E-state index contributed by atoms with van der Waals surface area (Å²) >= 11 is 0. The molecule has 2 atom stereocenters. The SMILES string of the molecule is CC1(C)Oc2ccc(C#N)cc2[C@H](N2CCCC2)[C@H]1O. The number of benzene rings is 1. The molecule has 0 amide bonds. The van der Waals surface area contributed by atoms with Crippen LogP contribution < -0.4 is 4.74 Å². The fourth-order valence-corrected chi connectivity index (χ4v) is 3.25. The molecule has 2 aliphatic rings. The summed E-state index contributed by atoms with van der Waals surface area (Å²) < 4.78 is 5.93. The summed E-state index contributed by atoms with van der Waals surface area (Å²) in [4.78, 5) is 2.31. The van der Waals surface area contributed by atoms with Crippen molar-refractivity contribution in [1.29, 1.82) is 5.26 Å². The summed E-state index contributed by atoms with van der Waals surface area (Å²) in [5, 5.41) is 19.8. The highest BCUT2D eigenvalue weighted by atomic mass is 16.5. The highest BCUT2D eigenvalue weighted by molar-refractivity contribution is 5.46. The highest BCUT2D eigenvalue weighted by Crippen LogP contribution is 2.44. The molecule has 0 radical (unpaired) electrons. The molecule has 106 valence electrons. The zero-order valence-corrected chi connectivity index (χ0v) is 12.0. The number of fused-ring (bicyclic) bond motifs is 1. The third-order valence-corrected chi connectivity index (χ3v) is 4.38. The monoisotopic (exact) mass is 272 g/mol. The summed E-state index contributed by atoms with van der Waals surface area (Å²) in [6, 6.07) is 7.57. The van der Waals surface area contributed by atoms with Gasteiger partial charge in [0, 0.05) is 5.56 Å². The van der Waals surface area contributed by atoms with Gasteiger partial charge in [0.05, 0.1) is 17.7 Å². The average molecular weight is 272 g/mol. The standard InChI is InChI=1S/C16H20N2O2/c1-16(2)15(19)14(18-7-3-4-8-18)12-9-11(10-17)5-6-13(12)20-16/h5-6,9,14-15,19H,3-4,7-8H2,1-2H3/t14-,15+/m0/s1. The Morgan fingerprint density at radius 3 is 2.70 bits per heavy atom. The number of likely N-dealkylation sites (tertiary alicyclic amines) is 1. The van der Waals surface area contributed by atoms with Gasteiger partial charge < -0.3 is 9.84 Å². The van der Waals surface area contributed by atoms with E-state index >= 15 is 0 Å². The topological polar surface area (TPSA) is 56.5 Å². The van der Waals surface area contributed by atoms with Crippen LogP contribution in [0.5, 0.6) is 5.75 Å².